The number of hydrogen-bond donors (Lipinski definition) is 2. The van der Waals surface area contributed by atoms with Gasteiger partial charge in [0, 0.05) is 18.8 Å². The van der Waals surface area contributed by atoms with Gasteiger partial charge in [0.2, 0.25) is 0 Å². The molecule has 0 spiro atoms. The highest BCUT2D eigenvalue weighted by molar-refractivity contribution is 7.99. The van der Waals surface area contributed by atoms with Crippen LogP contribution in [0.25, 0.3) is 6.08 Å². The smallest absolute Gasteiger partial charge is 0.0991 e. The van der Waals surface area contributed by atoms with Crippen molar-refractivity contribution in [2.75, 3.05) is 24.6 Å². The van der Waals surface area contributed by atoms with E-state index in [-0.39, 0.29) is 0 Å². The summed E-state index contributed by atoms with van der Waals surface area (Å²) in [6.07, 6.45) is 4.93. The predicted octanol–water partition coefficient (Wildman–Crippen LogP) is 2.03. The lowest BCUT2D eigenvalue weighted by molar-refractivity contribution is 0.0689. The summed E-state index contributed by atoms with van der Waals surface area (Å²) >= 11 is 1.81. The number of benzene rings is 1. The van der Waals surface area contributed by atoms with Gasteiger partial charge in [0.1, 0.15) is 0 Å². The normalized spacial score (nSPS) is 22.7. The van der Waals surface area contributed by atoms with Crippen molar-refractivity contribution < 1.29 is 5.11 Å². The zero-order chi connectivity index (χ0) is 13.6. The molecule has 1 atom stereocenters. The number of thioether (sulfide) groups is 1. The maximum atomic E-state index is 10.1. The fourth-order valence-electron chi connectivity index (χ4n) is 1.99. The molecule has 0 amide bonds. The zero-order valence-corrected chi connectivity index (χ0v) is 11.6. The van der Waals surface area contributed by atoms with Crippen LogP contribution in [0.4, 0.5) is 0 Å². The van der Waals surface area contributed by atoms with E-state index in [1.165, 1.54) is 0 Å². The van der Waals surface area contributed by atoms with E-state index in [2.05, 4.69) is 11.4 Å². The minimum absolute atomic E-state index is 0.521. The van der Waals surface area contributed by atoms with Crippen LogP contribution in [0.3, 0.4) is 0 Å². The quantitative estimate of drug-likeness (QED) is 0.807. The van der Waals surface area contributed by atoms with Crippen LogP contribution in [0.5, 0.6) is 0 Å². The van der Waals surface area contributed by atoms with E-state index in [4.69, 9.17) is 5.26 Å². The van der Waals surface area contributed by atoms with Crippen LogP contribution in [-0.4, -0.2) is 35.3 Å². The molecule has 1 heterocycles. The first-order chi connectivity index (χ1) is 9.22. The highest BCUT2D eigenvalue weighted by Gasteiger charge is 2.30. The van der Waals surface area contributed by atoms with Gasteiger partial charge in [-0.1, -0.05) is 24.3 Å². The van der Waals surface area contributed by atoms with E-state index >= 15 is 0 Å². The summed E-state index contributed by atoms with van der Waals surface area (Å²) < 4.78 is 0. The lowest BCUT2D eigenvalue weighted by atomic mass is 10.0. The van der Waals surface area contributed by atoms with Crippen molar-refractivity contribution in [3.05, 3.63) is 41.5 Å². The zero-order valence-electron chi connectivity index (χ0n) is 10.8. The minimum atomic E-state index is -0.521. The largest absolute Gasteiger partial charge is 0.388 e. The second-order valence-electron chi connectivity index (χ2n) is 4.79. The first-order valence-corrected chi connectivity index (χ1v) is 7.55. The number of nitrogens with zero attached hydrogens (tertiary/aromatic N) is 1. The van der Waals surface area contributed by atoms with Gasteiger partial charge in [0.25, 0.3) is 0 Å². The topological polar surface area (TPSA) is 56.0 Å². The Balaban J connectivity index is 1.72. The molecule has 1 saturated heterocycles. The Morgan fingerprint density at radius 2 is 2.21 bits per heavy atom. The van der Waals surface area contributed by atoms with E-state index in [0.717, 1.165) is 30.0 Å². The average molecular weight is 274 g/mol. The molecule has 4 heteroatoms. The molecule has 0 aromatic heterocycles. The summed E-state index contributed by atoms with van der Waals surface area (Å²) in [6, 6.07) is 9.58. The molecule has 1 fully saturated rings. The van der Waals surface area contributed by atoms with Crippen molar-refractivity contribution in [3.63, 3.8) is 0 Å². The molecule has 1 aromatic carbocycles. The van der Waals surface area contributed by atoms with Crippen molar-refractivity contribution in [2.45, 2.75) is 12.0 Å². The molecule has 19 heavy (non-hydrogen) atoms. The number of hydrogen-bond acceptors (Lipinski definition) is 4. The van der Waals surface area contributed by atoms with E-state index in [9.17, 15) is 5.11 Å². The van der Waals surface area contributed by atoms with Crippen LogP contribution >= 0.6 is 11.8 Å². The molecule has 1 aliphatic rings. The first kappa shape index (κ1) is 14.1. The Bertz CT molecular complexity index is 470. The van der Waals surface area contributed by atoms with Crippen LogP contribution in [0.15, 0.2) is 30.3 Å². The third kappa shape index (κ3) is 4.39. The fraction of sp³-hybridized carbons (Fsp3) is 0.400. The maximum absolute atomic E-state index is 10.1. The summed E-state index contributed by atoms with van der Waals surface area (Å²) in [5, 5.41) is 22.1. The molecule has 0 bridgehead atoms. The Morgan fingerprint density at radius 3 is 2.84 bits per heavy atom. The SMILES string of the molecule is N#Cc1ccc(/C=C/CNCC2(O)CCSC2)cc1. The molecule has 2 rings (SSSR count). The van der Waals surface area contributed by atoms with E-state index < -0.39 is 5.60 Å². The van der Waals surface area contributed by atoms with Crippen LogP contribution < -0.4 is 5.32 Å². The lowest BCUT2D eigenvalue weighted by Gasteiger charge is -2.20. The van der Waals surface area contributed by atoms with Gasteiger partial charge in [-0.05, 0) is 29.9 Å². The molecule has 1 aliphatic heterocycles. The van der Waals surface area contributed by atoms with E-state index in [1.54, 1.807) is 0 Å². The van der Waals surface area contributed by atoms with Gasteiger partial charge in [-0.3, -0.25) is 0 Å². The van der Waals surface area contributed by atoms with Crippen molar-refractivity contribution >= 4 is 17.8 Å². The van der Waals surface area contributed by atoms with Gasteiger partial charge >= 0.3 is 0 Å². The number of nitrogens with one attached hydrogen (secondary N) is 1. The molecule has 0 saturated carbocycles. The first-order valence-electron chi connectivity index (χ1n) is 6.39. The lowest BCUT2D eigenvalue weighted by Crippen LogP contribution is -2.40. The Kier molecular flexibility index (Phi) is 5.03. The summed E-state index contributed by atoms with van der Waals surface area (Å²) in [5.74, 6) is 1.89. The summed E-state index contributed by atoms with van der Waals surface area (Å²) in [7, 11) is 0. The second kappa shape index (κ2) is 6.76. The number of aliphatic hydroxyl groups is 1. The highest BCUT2D eigenvalue weighted by atomic mass is 32.2. The van der Waals surface area contributed by atoms with Crippen molar-refractivity contribution in [3.8, 4) is 6.07 Å². The molecule has 3 nitrogen and oxygen atoms in total. The Morgan fingerprint density at radius 1 is 1.42 bits per heavy atom. The maximum Gasteiger partial charge on any atom is 0.0991 e. The molecule has 1 unspecified atom stereocenters. The molecule has 0 aliphatic carbocycles. The summed E-state index contributed by atoms with van der Waals surface area (Å²) in [6.45, 7) is 1.39. The van der Waals surface area contributed by atoms with Gasteiger partial charge in [-0.25, -0.2) is 0 Å². The molecule has 0 radical (unpaired) electrons. The van der Waals surface area contributed by atoms with Gasteiger partial charge in [-0.2, -0.15) is 17.0 Å². The van der Waals surface area contributed by atoms with Gasteiger partial charge < -0.3 is 10.4 Å². The van der Waals surface area contributed by atoms with E-state index in [0.29, 0.717) is 12.1 Å². The van der Waals surface area contributed by atoms with Crippen LogP contribution in [0.1, 0.15) is 17.5 Å². The van der Waals surface area contributed by atoms with Gasteiger partial charge in [-0.15, -0.1) is 0 Å². The van der Waals surface area contributed by atoms with Crippen LogP contribution in [-0.2, 0) is 0 Å². The Labute approximate surface area is 118 Å². The third-order valence-electron chi connectivity index (χ3n) is 3.15. The van der Waals surface area contributed by atoms with Crippen LogP contribution in [0.2, 0.25) is 0 Å². The van der Waals surface area contributed by atoms with Gasteiger partial charge in [0.15, 0.2) is 0 Å². The molecule has 100 valence electrons. The minimum Gasteiger partial charge on any atom is -0.388 e. The number of nitriles is 1. The third-order valence-corrected chi connectivity index (χ3v) is 4.38. The summed E-state index contributed by atoms with van der Waals surface area (Å²) in [5.41, 5.74) is 1.24. The molecular weight excluding hydrogens is 256 g/mol. The average Bonchev–Trinajstić information content (AvgIpc) is 2.86. The summed E-state index contributed by atoms with van der Waals surface area (Å²) in [4.78, 5) is 0. The van der Waals surface area contributed by atoms with Crippen molar-refractivity contribution in [1.29, 1.82) is 5.26 Å². The molecule has 2 N–H and O–H groups in total. The molecule has 1 aromatic rings. The number of rotatable bonds is 5. The standard InChI is InChI=1S/C15H18N2OS/c16-10-14-5-3-13(4-6-14)2-1-8-17-11-15(18)7-9-19-12-15/h1-6,17-18H,7-9,11-12H2/b2-1+. The van der Waals surface area contributed by atoms with Crippen LogP contribution in [0, 0.1) is 11.3 Å². The monoisotopic (exact) mass is 274 g/mol. The highest BCUT2D eigenvalue weighted by Crippen LogP contribution is 2.26. The van der Waals surface area contributed by atoms with Crippen molar-refractivity contribution in [2.24, 2.45) is 0 Å². The predicted molar refractivity (Wildman–Crippen MR) is 80.0 cm³/mol. The Hall–Kier alpha value is -1.28. The van der Waals surface area contributed by atoms with Crippen molar-refractivity contribution in [1.82, 2.24) is 5.32 Å². The fourth-order valence-corrected chi connectivity index (χ4v) is 3.28. The second-order valence-corrected chi connectivity index (χ2v) is 5.90. The molecular formula is C15H18N2OS. The van der Waals surface area contributed by atoms with E-state index in [1.807, 2.05) is 48.2 Å². The van der Waals surface area contributed by atoms with Gasteiger partial charge in [0.05, 0.1) is 17.2 Å².